The van der Waals surface area contributed by atoms with E-state index in [1.807, 2.05) is 65.5 Å². The molecule has 0 aliphatic rings. The van der Waals surface area contributed by atoms with Gasteiger partial charge in [0.25, 0.3) is 0 Å². The number of aromatic nitrogens is 1. The predicted octanol–water partition coefficient (Wildman–Crippen LogP) is 4.03. The lowest BCUT2D eigenvalue weighted by atomic mass is 10.1. The van der Waals surface area contributed by atoms with Gasteiger partial charge in [-0.25, -0.2) is 0 Å². The van der Waals surface area contributed by atoms with Crippen molar-refractivity contribution < 1.29 is 9.21 Å². The average Bonchev–Trinajstić information content (AvgIpc) is 3.25. The molecule has 0 saturated heterocycles. The highest BCUT2D eigenvalue weighted by molar-refractivity contribution is 6.30. The molecule has 0 unspecified atom stereocenters. The SMILES string of the molecule is O=C(C[C@@H](c1ccco1)n1cccc1)NCc1ccc(Cl)cc1. The molecular formula is C18H17ClN2O2. The summed E-state index contributed by atoms with van der Waals surface area (Å²) in [6.45, 7) is 0.479. The second-order valence-corrected chi connectivity index (χ2v) is 5.71. The minimum atomic E-state index is -0.148. The fourth-order valence-electron chi connectivity index (χ4n) is 2.44. The predicted molar refractivity (Wildman–Crippen MR) is 89.2 cm³/mol. The lowest BCUT2D eigenvalue weighted by molar-refractivity contribution is -0.121. The van der Waals surface area contributed by atoms with Crippen molar-refractivity contribution in [3.05, 3.63) is 83.5 Å². The molecule has 2 heterocycles. The van der Waals surface area contributed by atoms with Crippen molar-refractivity contribution >= 4 is 17.5 Å². The van der Waals surface area contributed by atoms with Gasteiger partial charge in [0.05, 0.1) is 18.7 Å². The van der Waals surface area contributed by atoms with Crippen LogP contribution in [0.15, 0.2) is 71.6 Å². The van der Waals surface area contributed by atoms with Crippen LogP contribution in [0.25, 0.3) is 0 Å². The summed E-state index contributed by atoms with van der Waals surface area (Å²) in [5.41, 5.74) is 1.01. The Morgan fingerprint density at radius 1 is 1.13 bits per heavy atom. The number of carbonyl (C=O) groups is 1. The van der Waals surface area contributed by atoms with Crippen LogP contribution < -0.4 is 5.32 Å². The van der Waals surface area contributed by atoms with Crippen LogP contribution in [-0.4, -0.2) is 10.5 Å². The zero-order chi connectivity index (χ0) is 16.1. The number of hydrogen-bond donors (Lipinski definition) is 1. The van der Waals surface area contributed by atoms with Gasteiger partial charge in [-0.3, -0.25) is 4.79 Å². The van der Waals surface area contributed by atoms with Crippen LogP contribution in [0.2, 0.25) is 5.02 Å². The zero-order valence-electron chi connectivity index (χ0n) is 12.5. The van der Waals surface area contributed by atoms with Gasteiger partial charge in [-0.2, -0.15) is 0 Å². The van der Waals surface area contributed by atoms with Crippen molar-refractivity contribution in [2.45, 2.75) is 19.0 Å². The van der Waals surface area contributed by atoms with Crippen LogP contribution in [0.4, 0.5) is 0 Å². The van der Waals surface area contributed by atoms with E-state index in [1.54, 1.807) is 6.26 Å². The fourth-order valence-corrected chi connectivity index (χ4v) is 2.57. The first-order valence-electron chi connectivity index (χ1n) is 7.39. The molecular weight excluding hydrogens is 312 g/mol. The monoisotopic (exact) mass is 328 g/mol. The maximum Gasteiger partial charge on any atom is 0.222 e. The van der Waals surface area contributed by atoms with Gasteiger partial charge >= 0.3 is 0 Å². The third-order valence-corrected chi connectivity index (χ3v) is 3.89. The molecule has 0 fully saturated rings. The molecule has 1 N–H and O–H groups in total. The molecule has 0 bridgehead atoms. The summed E-state index contributed by atoms with van der Waals surface area (Å²) >= 11 is 5.86. The lowest BCUT2D eigenvalue weighted by Gasteiger charge is -2.16. The number of benzene rings is 1. The average molecular weight is 329 g/mol. The largest absolute Gasteiger partial charge is 0.467 e. The van der Waals surface area contributed by atoms with Crippen LogP contribution >= 0.6 is 11.6 Å². The molecule has 1 amide bonds. The topological polar surface area (TPSA) is 47.2 Å². The van der Waals surface area contributed by atoms with Gasteiger partial charge in [-0.05, 0) is 42.0 Å². The normalized spacial score (nSPS) is 12.0. The highest BCUT2D eigenvalue weighted by Crippen LogP contribution is 2.22. The molecule has 0 aliphatic carbocycles. The third-order valence-electron chi connectivity index (χ3n) is 3.64. The third kappa shape index (κ3) is 4.05. The molecule has 3 aromatic rings. The van der Waals surface area contributed by atoms with E-state index in [2.05, 4.69) is 5.32 Å². The Hall–Kier alpha value is -2.46. The quantitative estimate of drug-likeness (QED) is 0.742. The van der Waals surface area contributed by atoms with Gasteiger partial charge in [0, 0.05) is 24.0 Å². The van der Waals surface area contributed by atoms with Crippen molar-refractivity contribution in [3.63, 3.8) is 0 Å². The summed E-state index contributed by atoms with van der Waals surface area (Å²) in [4.78, 5) is 12.3. The standard InChI is InChI=1S/C18H17ClN2O2/c19-15-7-5-14(6-8-15)13-20-18(22)12-16(17-4-3-11-23-17)21-9-1-2-10-21/h1-11,16H,12-13H2,(H,20,22)/t16-/m0/s1. The van der Waals surface area contributed by atoms with Crippen LogP contribution in [0.5, 0.6) is 0 Å². The number of carbonyl (C=O) groups excluding carboxylic acids is 1. The van der Waals surface area contributed by atoms with Crippen molar-refractivity contribution in [1.29, 1.82) is 0 Å². The van der Waals surface area contributed by atoms with E-state index in [9.17, 15) is 4.79 Å². The molecule has 5 heteroatoms. The second-order valence-electron chi connectivity index (χ2n) is 5.27. The summed E-state index contributed by atoms with van der Waals surface area (Å²) in [7, 11) is 0. The van der Waals surface area contributed by atoms with E-state index in [0.717, 1.165) is 11.3 Å². The van der Waals surface area contributed by atoms with Crippen molar-refractivity contribution in [2.75, 3.05) is 0 Å². The van der Waals surface area contributed by atoms with Gasteiger partial charge in [-0.1, -0.05) is 23.7 Å². The maximum atomic E-state index is 12.3. The molecule has 0 aliphatic heterocycles. The summed E-state index contributed by atoms with van der Waals surface area (Å²) in [5, 5.41) is 3.62. The van der Waals surface area contributed by atoms with Crippen molar-refractivity contribution in [2.24, 2.45) is 0 Å². The summed E-state index contributed by atoms with van der Waals surface area (Å²) < 4.78 is 7.45. The molecule has 0 saturated carbocycles. The summed E-state index contributed by atoms with van der Waals surface area (Å²) in [6, 6.07) is 14.9. The Balaban J connectivity index is 1.63. The van der Waals surface area contributed by atoms with Crippen LogP contribution in [0.1, 0.15) is 23.8 Å². The molecule has 1 aromatic carbocycles. The first kappa shape index (κ1) is 15.4. The second kappa shape index (κ2) is 7.20. The fraction of sp³-hybridized carbons (Fsp3) is 0.167. The van der Waals surface area contributed by atoms with Gasteiger partial charge in [0.2, 0.25) is 5.91 Å². The molecule has 2 aromatic heterocycles. The Morgan fingerprint density at radius 2 is 1.87 bits per heavy atom. The van der Waals surface area contributed by atoms with Crippen molar-refractivity contribution in [1.82, 2.24) is 9.88 Å². The van der Waals surface area contributed by atoms with E-state index < -0.39 is 0 Å². The molecule has 4 nitrogen and oxygen atoms in total. The first-order valence-corrected chi connectivity index (χ1v) is 7.77. The molecule has 3 rings (SSSR count). The zero-order valence-corrected chi connectivity index (χ0v) is 13.2. The van der Waals surface area contributed by atoms with Gasteiger partial charge in [0.15, 0.2) is 0 Å². The summed E-state index contributed by atoms with van der Waals surface area (Å²) in [6.07, 6.45) is 5.80. The number of amides is 1. The van der Waals surface area contributed by atoms with Crippen molar-refractivity contribution in [3.8, 4) is 0 Å². The van der Waals surface area contributed by atoms with E-state index in [1.165, 1.54) is 0 Å². The molecule has 0 radical (unpaired) electrons. The van der Waals surface area contributed by atoms with E-state index in [-0.39, 0.29) is 11.9 Å². The lowest BCUT2D eigenvalue weighted by Crippen LogP contribution is -2.26. The number of nitrogens with zero attached hydrogens (tertiary/aromatic N) is 1. The Morgan fingerprint density at radius 3 is 2.52 bits per heavy atom. The first-order chi connectivity index (χ1) is 11.2. The summed E-state index contributed by atoms with van der Waals surface area (Å²) in [5.74, 6) is 0.734. The number of nitrogens with one attached hydrogen (secondary N) is 1. The highest BCUT2D eigenvalue weighted by Gasteiger charge is 2.19. The number of halogens is 1. The van der Waals surface area contributed by atoms with Crippen LogP contribution in [0.3, 0.4) is 0 Å². The molecule has 23 heavy (non-hydrogen) atoms. The van der Waals surface area contributed by atoms with Gasteiger partial charge in [-0.15, -0.1) is 0 Å². The molecule has 0 spiro atoms. The Kier molecular flexibility index (Phi) is 4.83. The minimum absolute atomic E-state index is 0.0324. The number of rotatable bonds is 6. The van der Waals surface area contributed by atoms with Gasteiger partial charge in [0.1, 0.15) is 5.76 Å². The smallest absolute Gasteiger partial charge is 0.222 e. The molecule has 118 valence electrons. The number of hydrogen-bond acceptors (Lipinski definition) is 2. The van der Waals surface area contributed by atoms with E-state index in [4.69, 9.17) is 16.0 Å². The van der Waals surface area contributed by atoms with Crippen LogP contribution in [0, 0.1) is 0 Å². The number of furan rings is 1. The minimum Gasteiger partial charge on any atom is -0.467 e. The highest BCUT2D eigenvalue weighted by atomic mass is 35.5. The van der Waals surface area contributed by atoms with Gasteiger partial charge < -0.3 is 14.3 Å². The van der Waals surface area contributed by atoms with E-state index in [0.29, 0.717) is 18.0 Å². The Labute approximate surface area is 139 Å². The molecule has 1 atom stereocenters. The van der Waals surface area contributed by atoms with E-state index >= 15 is 0 Å². The van der Waals surface area contributed by atoms with Crippen LogP contribution in [-0.2, 0) is 11.3 Å². The Bertz CT molecular complexity index is 700. The maximum absolute atomic E-state index is 12.3.